The van der Waals surface area contributed by atoms with Gasteiger partial charge in [0.2, 0.25) is 0 Å². The maximum Gasteiger partial charge on any atom is 0.313 e. The van der Waals surface area contributed by atoms with Crippen LogP contribution in [0.5, 0.6) is 5.75 Å². The molecule has 0 saturated carbocycles. The lowest BCUT2D eigenvalue weighted by Gasteiger charge is -2.09. The highest BCUT2D eigenvalue weighted by molar-refractivity contribution is 6.39. The highest BCUT2D eigenvalue weighted by atomic mass is 16.5. The van der Waals surface area contributed by atoms with Gasteiger partial charge in [0.15, 0.2) is 0 Å². The number of hydrogen-bond donors (Lipinski definition) is 3. The van der Waals surface area contributed by atoms with Crippen LogP contribution in [0.1, 0.15) is 11.1 Å². The molecule has 0 aliphatic heterocycles. The summed E-state index contributed by atoms with van der Waals surface area (Å²) in [6.45, 7) is 2.14. The van der Waals surface area contributed by atoms with E-state index in [-0.39, 0.29) is 6.54 Å². The van der Waals surface area contributed by atoms with E-state index < -0.39 is 11.8 Å². The number of hydrogen-bond acceptors (Lipinski definition) is 4. The standard InChI is InChI=1S/C17H19N3O3/c1-11-3-8-15(14(18)9-11)20-17(22)16(21)19-10-12-4-6-13(23-2)7-5-12/h3-9H,10,18H2,1-2H3,(H,19,21)(H,20,22). The maximum absolute atomic E-state index is 11.9. The smallest absolute Gasteiger partial charge is 0.313 e. The molecule has 2 aromatic rings. The van der Waals surface area contributed by atoms with Crippen molar-refractivity contribution in [1.82, 2.24) is 5.32 Å². The monoisotopic (exact) mass is 313 g/mol. The van der Waals surface area contributed by atoms with E-state index in [0.717, 1.165) is 16.9 Å². The molecule has 0 aliphatic rings. The van der Waals surface area contributed by atoms with Crippen molar-refractivity contribution in [2.75, 3.05) is 18.2 Å². The molecule has 2 rings (SSSR count). The normalized spacial score (nSPS) is 10.0. The molecule has 0 heterocycles. The van der Waals surface area contributed by atoms with Gasteiger partial charge in [-0.15, -0.1) is 0 Å². The van der Waals surface area contributed by atoms with Crippen LogP contribution in [0.15, 0.2) is 42.5 Å². The average molecular weight is 313 g/mol. The van der Waals surface area contributed by atoms with Crippen molar-refractivity contribution in [2.45, 2.75) is 13.5 Å². The summed E-state index contributed by atoms with van der Waals surface area (Å²) in [5.74, 6) is -0.748. The number of anilines is 2. The first kappa shape index (κ1) is 16.4. The molecular weight excluding hydrogens is 294 g/mol. The fourth-order valence-corrected chi connectivity index (χ4v) is 1.98. The van der Waals surface area contributed by atoms with Gasteiger partial charge in [-0.05, 0) is 42.3 Å². The van der Waals surface area contributed by atoms with Crippen LogP contribution in [0.4, 0.5) is 11.4 Å². The first-order chi connectivity index (χ1) is 11.0. The molecule has 2 aromatic carbocycles. The summed E-state index contributed by atoms with van der Waals surface area (Å²) in [5, 5.41) is 5.05. The summed E-state index contributed by atoms with van der Waals surface area (Å²) >= 11 is 0. The fraction of sp³-hybridized carbons (Fsp3) is 0.176. The number of rotatable bonds is 4. The van der Waals surface area contributed by atoms with Gasteiger partial charge >= 0.3 is 11.8 Å². The molecule has 0 bridgehead atoms. The van der Waals surface area contributed by atoms with E-state index in [1.807, 2.05) is 19.1 Å². The summed E-state index contributed by atoms with van der Waals surface area (Å²) in [7, 11) is 1.58. The first-order valence-electron chi connectivity index (χ1n) is 7.08. The zero-order valence-electron chi connectivity index (χ0n) is 13.1. The number of benzene rings is 2. The number of nitrogens with two attached hydrogens (primary N) is 1. The highest BCUT2D eigenvalue weighted by Crippen LogP contribution is 2.19. The predicted molar refractivity (Wildman–Crippen MR) is 89.1 cm³/mol. The topological polar surface area (TPSA) is 93.4 Å². The van der Waals surface area contributed by atoms with Crippen LogP contribution < -0.4 is 21.1 Å². The Morgan fingerprint density at radius 1 is 1.09 bits per heavy atom. The van der Waals surface area contributed by atoms with E-state index in [1.165, 1.54) is 0 Å². The van der Waals surface area contributed by atoms with Gasteiger partial charge in [0.05, 0.1) is 18.5 Å². The lowest BCUT2D eigenvalue weighted by molar-refractivity contribution is -0.136. The molecule has 23 heavy (non-hydrogen) atoms. The Morgan fingerprint density at radius 2 is 1.78 bits per heavy atom. The molecule has 0 aliphatic carbocycles. The largest absolute Gasteiger partial charge is 0.497 e. The number of carbonyl (C=O) groups excluding carboxylic acids is 2. The fourth-order valence-electron chi connectivity index (χ4n) is 1.98. The van der Waals surface area contributed by atoms with Crippen molar-refractivity contribution in [3.05, 3.63) is 53.6 Å². The zero-order valence-corrected chi connectivity index (χ0v) is 13.1. The quantitative estimate of drug-likeness (QED) is 0.593. The minimum atomic E-state index is -0.755. The van der Waals surface area contributed by atoms with Gasteiger partial charge in [0.25, 0.3) is 0 Å². The molecule has 4 N–H and O–H groups in total. The second-order valence-electron chi connectivity index (χ2n) is 5.08. The summed E-state index contributed by atoms with van der Waals surface area (Å²) in [6, 6.07) is 12.4. The van der Waals surface area contributed by atoms with Gasteiger partial charge in [-0.2, -0.15) is 0 Å². The van der Waals surface area contributed by atoms with Crippen molar-refractivity contribution in [3.8, 4) is 5.75 Å². The number of nitrogen functional groups attached to an aromatic ring is 1. The molecule has 0 saturated heterocycles. The minimum absolute atomic E-state index is 0.250. The van der Waals surface area contributed by atoms with Crippen LogP contribution in [-0.2, 0) is 16.1 Å². The van der Waals surface area contributed by atoms with Gasteiger partial charge < -0.3 is 21.1 Å². The van der Waals surface area contributed by atoms with E-state index in [0.29, 0.717) is 11.4 Å². The summed E-state index contributed by atoms with van der Waals surface area (Å²) < 4.78 is 5.06. The Balaban J connectivity index is 1.90. The van der Waals surface area contributed by atoms with Crippen LogP contribution in [0.3, 0.4) is 0 Å². The van der Waals surface area contributed by atoms with Crippen LogP contribution in [0, 0.1) is 6.92 Å². The number of nitrogens with one attached hydrogen (secondary N) is 2. The van der Waals surface area contributed by atoms with Crippen molar-refractivity contribution in [2.24, 2.45) is 0 Å². The highest BCUT2D eigenvalue weighted by Gasteiger charge is 2.14. The molecule has 0 unspecified atom stereocenters. The Morgan fingerprint density at radius 3 is 2.39 bits per heavy atom. The molecule has 0 aromatic heterocycles. The second kappa shape index (κ2) is 7.31. The van der Waals surface area contributed by atoms with E-state index >= 15 is 0 Å². The third kappa shape index (κ3) is 4.47. The predicted octanol–water partition coefficient (Wildman–Crippen LogP) is 1.84. The lowest BCUT2D eigenvalue weighted by atomic mass is 10.2. The van der Waals surface area contributed by atoms with E-state index in [1.54, 1.807) is 37.4 Å². The van der Waals surface area contributed by atoms with Gasteiger partial charge in [-0.3, -0.25) is 9.59 Å². The van der Waals surface area contributed by atoms with Crippen molar-refractivity contribution in [3.63, 3.8) is 0 Å². The minimum Gasteiger partial charge on any atom is -0.497 e. The molecule has 0 radical (unpaired) electrons. The van der Waals surface area contributed by atoms with Crippen LogP contribution in [-0.4, -0.2) is 18.9 Å². The zero-order chi connectivity index (χ0) is 16.8. The van der Waals surface area contributed by atoms with Crippen LogP contribution in [0.2, 0.25) is 0 Å². The molecule has 120 valence electrons. The Bertz CT molecular complexity index is 712. The molecule has 6 heteroatoms. The maximum atomic E-state index is 11.9. The van der Waals surface area contributed by atoms with Crippen molar-refractivity contribution < 1.29 is 14.3 Å². The summed E-state index contributed by atoms with van der Waals surface area (Å²) in [4.78, 5) is 23.7. The number of aryl methyl sites for hydroxylation is 1. The van der Waals surface area contributed by atoms with Gasteiger partial charge in [-0.1, -0.05) is 18.2 Å². The number of amides is 2. The second-order valence-corrected chi connectivity index (χ2v) is 5.08. The Hall–Kier alpha value is -3.02. The van der Waals surface area contributed by atoms with Gasteiger partial charge in [0.1, 0.15) is 5.75 Å². The van der Waals surface area contributed by atoms with Crippen LogP contribution in [0.25, 0.3) is 0 Å². The molecule has 0 fully saturated rings. The van der Waals surface area contributed by atoms with Crippen LogP contribution >= 0.6 is 0 Å². The molecule has 2 amide bonds. The SMILES string of the molecule is COc1ccc(CNC(=O)C(=O)Nc2ccc(C)cc2N)cc1. The van der Waals surface area contributed by atoms with Gasteiger partial charge in [0, 0.05) is 6.54 Å². The van der Waals surface area contributed by atoms with E-state index in [2.05, 4.69) is 10.6 Å². The molecule has 6 nitrogen and oxygen atoms in total. The Kier molecular flexibility index (Phi) is 5.19. The number of carbonyl (C=O) groups is 2. The Labute approximate surface area is 134 Å². The number of methoxy groups -OCH3 is 1. The third-order valence-corrected chi connectivity index (χ3v) is 3.27. The van der Waals surface area contributed by atoms with E-state index in [4.69, 9.17) is 10.5 Å². The summed E-state index contributed by atoms with van der Waals surface area (Å²) in [5.41, 5.74) is 8.48. The molecule has 0 spiro atoms. The molecular formula is C17H19N3O3. The summed E-state index contributed by atoms with van der Waals surface area (Å²) in [6.07, 6.45) is 0. The average Bonchev–Trinajstić information content (AvgIpc) is 2.55. The lowest BCUT2D eigenvalue weighted by Crippen LogP contribution is -2.35. The van der Waals surface area contributed by atoms with Crippen molar-refractivity contribution >= 4 is 23.2 Å². The van der Waals surface area contributed by atoms with E-state index in [9.17, 15) is 9.59 Å². The van der Waals surface area contributed by atoms with Crippen molar-refractivity contribution in [1.29, 1.82) is 0 Å². The third-order valence-electron chi connectivity index (χ3n) is 3.27. The number of ether oxygens (including phenoxy) is 1. The van der Waals surface area contributed by atoms with Gasteiger partial charge in [-0.25, -0.2) is 0 Å². The molecule has 0 atom stereocenters. The first-order valence-corrected chi connectivity index (χ1v) is 7.08.